The van der Waals surface area contributed by atoms with Crippen LogP contribution in [0.4, 0.5) is 0 Å². The van der Waals surface area contributed by atoms with Crippen molar-refractivity contribution in [1.29, 1.82) is 0 Å². The molecular formula is C28H37N3O7. The lowest BCUT2D eigenvalue weighted by Crippen LogP contribution is -2.59. The molecule has 3 rings (SSSR count). The minimum absolute atomic E-state index is 0.0108. The number of rotatable bonds is 9. The first-order chi connectivity index (χ1) is 18.0. The molecular weight excluding hydrogens is 490 g/mol. The van der Waals surface area contributed by atoms with Crippen LogP contribution in [0.25, 0.3) is 6.08 Å². The van der Waals surface area contributed by atoms with Gasteiger partial charge in [-0.05, 0) is 56.4 Å². The fourth-order valence-corrected chi connectivity index (χ4v) is 4.65. The molecule has 0 aliphatic carbocycles. The van der Waals surface area contributed by atoms with Crippen molar-refractivity contribution in [2.45, 2.75) is 64.5 Å². The van der Waals surface area contributed by atoms with Crippen molar-refractivity contribution in [3.8, 4) is 11.5 Å². The maximum absolute atomic E-state index is 12.9. The maximum Gasteiger partial charge on any atom is 0.330 e. The Labute approximate surface area is 223 Å². The standard InChI is InChI=1S/C28H37N3O7/c1-6-20(15-21-7-9-22-23(16-21)38-18-37-22)8-10-25(34)31-13-11-28(12-14-31,29-19(2)32)17-24(33)30-27(3,4)26(35)36-5/h7-10,15-16H,6,11-14,17-18H2,1-5H3,(H,29,32)(H,30,33)/b10-8+,20-15+. The van der Waals surface area contributed by atoms with Gasteiger partial charge in [0.15, 0.2) is 11.5 Å². The van der Waals surface area contributed by atoms with E-state index in [1.165, 1.54) is 14.0 Å². The smallest absolute Gasteiger partial charge is 0.330 e. The van der Waals surface area contributed by atoms with Gasteiger partial charge in [0, 0.05) is 32.5 Å². The summed E-state index contributed by atoms with van der Waals surface area (Å²) in [6, 6.07) is 5.71. The number of carbonyl (C=O) groups excluding carboxylic acids is 4. The number of hydrogen-bond donors (Lipinski definition) is 2. The lowest BCUT2D eigenvalue weighted by Gasteiger charge is -2.42. The highest BCUT2D eigenvalue weighted by Gasteiger charge is 2.40. The number of nitrogens with one attached hydrogen (secondary N) is 2. The third-order valence-electron chi connectivity index (χ3n) is 6.72. The quantitative estimate of drug-likeness (QED) is 0.288. The number of nitrogens with zero attached hydrogens (tertiary/aromatic N) is 1. The van der Waals surface area contributed by atoms with Crippen LogP contribution in [0.15, 0.2) is 35.9 Å². The van der Waals surface area contributed by atoms with Crippen LogP contribution in [0.5, 0.6) is 11.5 Å². The number of amides is 3. The van der Waals surface area contributed by atoms with Crippen LogP contribution in [0.1, 0.15) is 58.9 Å². The lowest BCUT2D eigenvalue weighted by molar-refractivity contribution is -0.149. The number of ether oxygens (including phenoxy) is 3. The molecule has 206 valence electrons. The number of benzene rings is 1. The van der Waals surface area contributed by atoms with Gasteiger partial charge in [0.2, 0.25) is 24.5 Å². The van der Waals surface area contributed by atoms with E-state index in [1.54, 1.807) is 24.8 Å². The number of fused-ring (bicyclic) bond motifs is 1. The summed E-state index contributed by atoms with van der Waals surface area (Å²) in [5.41, 5.74) is -0.0756. The molecule has 0 bridgehead atoms. The van der Waals surface area contributed by atoms with E-state index < -0.39 is 17.0 Å². The predicted octanol–water partition coefficient (Wildman–Crippen LogP) is 2.72. The largest absolute Gasteiger partial charge is 0.467 e. The summed E-state index contributed by atoms with van der Waals surface area (Å²) in [6.45, 7) is 7.50. The second kappa shape index (κ2) is 12.1. The van der Waals surface area contributed by atoms with E-state index in [0.29, 0.717) is 31.7 Å². The first kappa shape index (κ1) is 28.7. The van der Waals surface area contributed by atoms with Gasteiger partial charge in [-0.25, -0.2) is 4.79 Å². The summed E-state index contributed by atoms with van der Waals surface area (Å²) in [5, 5.41) is 5.60. The van der Waals surface area contributed by atoms with Crippen LogP contribution in [0.2, 0.25) is 0 Å². The van der Waals surface area contributed by atoms with Crippen molar-refractivity contribution >= 4 is 29.8 Å². The Hall–Kier alpha value is -3.82. The summed E-state index contributed by atoms with van der Waals surface area (Å²) >= 11 is 0. The van der Waals surface area contributed by atoms with Crippen LogP contribution >= 0.6 is 0 Å². The van der Waals surface area contributed by atoms with Crippen LogP contribution in [0, 0.1) is 0 Å². The average molecular weight is 528 g/mol. The Morgan fingerprint density at radius 2 is 1.79 bits per heavy atom. The number of piperidine rings is 1. The Balaban J connectivity index is 1.62. The molecule has 10 heteroatoms. The summed E-state index contributed by atoms with van der Waals surface area (Å²) in [5.74, 6) is 0.0816. The molecule has 1 aromatic carbocycles. The number of allylic oxidation sites excluding steroid dienone is 2. The fourth-order valence-electron chi connectivity index (χ4n) is 4.65. The molecule has 1 fully saturated rings. The Kier molecular flexibility index (Phi) is 9.19. The van der Waals surface area contributed by atoms with Gasteiger partial charge in [0.1, 0.15) is 5.54 Å². The molecule has 1 aromatic rings. The molecule has 2 aliphatic rings. The molecule has 0 aromatic heterocycles. The highest BCUT2D eigenvalue weighted by atomic mass is 16.7. The maximum atomic E-state index is 12.9. The highest BCUT2D eigenvalue weighted by Crippen LogP contribution is 2.33. The van der Waals surface area contributed by atoms with E-state index >= 15 is 0 Å². The molecule has 2 aliphatic heterocycles. The molecule has 0 spiro atoms. The molecule has 3 amide bonds. The Morgan fingerprint density at radius 3 is 2.42 bits per heavy atom. The Morgan fingerprint density at radius 1 is 1.11 bits per heavy atom. The fraction of sp³-hybridized carbons (Fsp3) is 0.500. The van der Waals surface area contributed by atoms with Gasteiger partial charge < -0.3 is 29.7 Å². The van der Waals surface area contributed by atoms with E-state index in [0.717, 1.165) is 23.3 Å². The zero-order chi connectivity index (χ0) is 27.9. The molecule has 1 saturated heterocycles. The van der Waals surface area contributed by atoms with E-state index in [-0.39, 0.29) is 30.9 Å². The monoisotopic (exact) mass is 527 g/mol. The van der Waals surface area contributed by atoms with Gasteiger partial charge >= 0.3 is 5.97 Å². The number of methoxy groups -OCH3 is 1. The van der Waals surface area contributed by atoms with Crippen molar-refractivity contribution < 1.29 is 33.4 Å². The molecule has 2 N–H and O–H groups in total. The van der Waals surface area contributed by atoms with Crippen molar-refractivity contribution in [1.82, 2.24) is 15.5 Å². The van der Waals surface area contributed by atoms with E-state index in [4.69, 9.17) is 14.2 Å². The van der Waals surface area contributed by atoms with Crippen LogP contribution in [-0.4, -0.2) is 66.7 Å². The first-order valence-corrected chi connectivity index (χ1v) is 12.7. The number of likely N-dealkylation sites (tertiary alicyclic amines) is 1. The lowest BCUT2D eigenvalue weighted by atomic mass is 9.83. The van der Waals surface area contributed by atoms with Crippen molar-refractivity contribution in [3.05, 3.63) is 41.5 Å². The third kappa shape index (κ3) is 7.36. The number of carbonyl (C=O) groups is 4. The van der Waals surface area contributed by atoms with E-state index in [9.17, 15) is 19.2 Å². The number of esters is 1. The zero-order valence-corrected chi connectivity index (χ0v) is 22.7. The van der Waals surface area contributed by atoms with Gasteiger partial charge in [-0.3, -0.25) is 14.4 Å². The Bertz CT molecular complexity index is 1130. The summed E-state index contributed by atoms with van der Waals surface area (Å²) in [7, 11) is 1.26. The molecule has 38 heavy (non-hydrogen) atoms. The topological polar surface area (TPSA) is 123 Å². The third-order valence-corrected chi connectivity index (χ3v) is 6.72. The van der Waals surface area contributed by atoms with Crippen LogP contribution in [-0.2, 0) is 23.9 Å². The summed E-state index contributed by atoms with van der Waals surface area (Å²) in [4.78, 5) is 51.3. The van der Waals surface area contributed by atoms with Crippen LogP contribution in [0.3, 0.4) is 0 Å². The predicted molar refractivity (Wildman–Crippen MR) is 141 cm³/mol. The molecule has 0 saturated carbocycles. The summed E-state index contributed by atoms with van der Waals surface area (Å²) < 4.78 is 15.5. The molecule has 10 nitrogen and oxygen atoms in total. The van der Waals surface area contributed by atoms with E-state index in [2.05, 4.69) is 10.6 Å². The van der Waals surface area contributed by atoms with Crippen molar-refractivity contribution in [2.24, 2.45) is 0 Å². The van der Waals surface area contributed by atoms with Gasteiger partial charge in [0.25, 0.3) is 0 Å². The van der Waals surface area contributed by atoms with Gasteiger partial charge in [-0.1, -0.05) is 25.1 Å². The van der Waals surface area contributed by atoms with Crippen molar-refractivity contribution in [3.63, 3.8) is 0 Å². The second-order valence-corrected chi connectivity index (χ2v) is 10.1. The molecule has 0 radical (unpaired) electrons. The minimum Gasteiger partial charge on any atom is -0.467 e. The zero-order valence-electron chi connectivity index (χ0n) is 22.7. The van der Waals surface area contributed by atoms with Gasteiger partial charge in [-0.15, -0.1) is 0 Å². The van der Waals surface area contributed by atoms with Crippen molar-refractivity contribution in [2.75, 3.05) is 27.0 Å². The SMILES string of the molecule is CCC(/C=C/C(=O)N1CCC(CC(=O)NC(C)(C)C(=O)OC)(NC(C)=O)CC1)=C\c1ccc2c(c1)OCO2. The highest BCUT2D eigenvalue weighted by molar-refractivity contribution is 5.89. The average Bonchev–Trinajstić information content (AvgIpc) is 3.33. The van der Waals surface area contributed by atoms with E-state index in [1.807, 2.05) is 37.3 Å². The molecule has 2 heterocycles. The van der Waals surface area contributed by atoms with Gasteiger partial charge in [0.05, 0.1) is 12.6 Å². The molecule has 0 unspecified atom stereocenters. The minimum atomic E-state index is -1.20. The first-order valence-electron chi connectivity index (χ1n) is 12.7. The normalized spacial score (nSPS) is 16.8. The van der Waals surface area contributed by atoms with Crippen LogP contribution < -0.4 is 20.1 Å². The second-order valence-electron chi connectivity index (χ2n) is 10.1. The summed E-state index contributed by atoms with van der Waals surface area (Å²) in [6.07, 6.45) is 6.91. The number of hydrogen-bond acceptors (Lipinski definition) is 7. The molecule has 0 atom stereocenters. The van der Waals surface area contributed by atoms with Gasteiger partial charge in [-0.2, -0.15) is 0 Å².